The minimum Gasteiger partial charge on any atom is -0.493 e. The molecule has 0 amide bonds. The Morgan fingerprint density at radius 1 is 1.18 bits per heavy atom. The number of fused-ring (bicyclic) bond motifs is 2. The first kappa shape index (κ1) is 27.5. The number of hydrogen-bond donors (Lipinski definition) is 0. The average molecular weight is 678 g/mol. The zero-order chi connectivity index (χ0) is 27.7. The predicted octanol–water partition coefficient (Wildman–Crippen LogP) is 7.29. The molecule has 0 saturated carbocycles. The van der Waals surface area contributed by atoms with Crippen molar-refractivity contribution < 1.29 is 18.9 Å². The van der Waals surface area contributed by atoms with Gasteiger partial charge in [0.1, 0.15) is 17.5 Å². The maximum Gasteiger partial charge on any atom is 0.282 e. The molecule has 2 heterocycles. The topological polar surface area (TPSA) is 84.2 Å². The molecule has 0 fully saturated rings. The number of methoxy groups -OCH3 is 1. The van der Waals surface area contributed by atoms with E-state index >= 15 is 0 Å². The molecule has 11 heteroatoms. The fourth-order valence-electron chi connectivity index (χ4n) is 4.07. The summed E-state index contributed by atoms with van der Waals surface area (Å²) in [7, 11) is 1.53. The fraction of sp³-hybridized carbons (Fsp3) is 0.250. The van der Waals surface area contributed by atoms with E-state index in [1.165, 1.54) is 11.8 Å². The van der Waals surface area contributed by atoms with Crippen LogP contribution in [0.5, 0.6) is 23.0 Å². The highest BCUT2D eigenvalue weighted by molar-refractivity contribution is 9.10. The zero-order valence-electron chi connectivity index (χ0n) is 21.3. The van der Waals surface area contributed by atoms with Crippen molar-refractivity contribution >= 4 is 60.6 Å². The summed E-state index contributed by atoms with van der Waals surface area (Å²) in [4.78, 5) is 18.2. The summed E-state index contributed by atoms with van der Waals surface area (Å²) in [6, 6.07) is 12.8. The van der Waals surface area contributed by atoms with E-state index in [1.807, 2.05) is 44.2 Å². The summed E-state index contributed by atoms with van der Waals surface area (Å²) in [5, 5.41) is 5.33. The van der Waals surface area contributed by atoms with E-state index in [2.05, 4.69) is 37.0 Å². The van der Waals surface area contributed by atoms with E-state index in [0.29, 0.717) is 54.8 Å². The van der Waals surface area contributed by atoms with E-state index < -0.39 is 0 Å². The van der Waals surface area contributed by atoms with Gasteiger partial charge in [0.25, 0.3) is 5.56 Å². The molecule has 0 bridgehead atoms. The zero-order valence-corrected chi connectivity index (χ0v) is 25.3. The van der Waals surface area contributed by atoms with E-state index in [-0.39, 0.29) is 24.9 Å². The third-order valence-electron chi connectivity index (χ3n) is 6.39. The van der Waals surface area contributed by atoms with Crippen LogP contribution in [0.2, 0.25) is 5.02 Å². The molecule has 0 spiro atoms. The Labute approximate surface area is 246 Å². The number of rotatable bonds is 8. The first-order valence-electron chi connectivity index (χ1n) is 12.1. The molecule has 1 aromatic heterocycles. The van der Waals surface area contributed by atoms with E-state index in [0.717, 1.165) is 16.5 Å². The van der Waals surface area contributed by atoms with Crippen LogP contribution in [0.4, 0.5) is 0 Å². The summed E-state index contributed by atoms with van der Waals surface area (Å²) >= 11 is 13.7. The Bertz CT molecular complexity index is 1660. The molecule has 0 N–H and O–H groups in total. The number of benzene rings is 3. The van der Waals surface area contributed by atoms with Gasteiger partial charge in [0.15, 0.2) is 23.0 Å². The highest BCUT2D eigenvalue weighted by Gasteiger charge is 2.20. The molecule has 0 saturated heterocycles. The van der Waals surface area contributed by atoms with E-state index in [1.54, 1.807) is 18.3 Å². The number of nitrogens with zero attached hydrogens (tertiary/aromatic N) is 3. The Kier molecular flexibility index (Phi) is 8.16. The lowest BCUT2D eigenvalue weighted by Crippen LogP contribution is -2.23. The lowest BCUT2D eigenvalue weighted by atomic mass is 10.1. The van der Waals surface area contributed by atoms with Crippen molar-refractivity contribution in [3.05, 3.63) is 83.7 Å². The van der Waals surface area contributed by atoms with Gasteiger partial charge in [0.2, 0.25) is 6.79 Å². The van der Waals surface area contributed by atoms with Crippen molar-refractivity contribution in [1.82, 2.24) is 9.66 Å². The molecular weight excluding hydrogens is 654 g/mol. The van der Waals surface area contributed by atoms with Crippen molar-refractivity contribution in [1.29, 1.82) is 0 Å². The Hall–Kier alpha value is -3.08. The number of aromatic nitrogens is 2. The number of ether oxygens (including phenoxy) is 4. The van der Waals surface area contributed by atoms with Crippen molar-refractivity contribution in [2.45, 2.75) is 32.8 Å². The normalized spacial score (nSPS) is 13.3. The molecule has 5 rings (SSSR count). The molecule has 0 radical (unpaired) electrons. The van der Waals surface area contributed by atoms with Crippen LogP contribution in [-0.2, 0) is 6.61 Å². The molecule has 1 atom stereocenters. The van der Waals surface area contributed by atoms with Gasteiger partial charge in [-0.1, -0.05) is 47.4 Å². The van der Waals surface area contributed by atoms with Crippen LogP contribution in [0.25, 0.3) is 10.9 Å². The number of hydrogen-bond acceptors (Lipinski definition) is 7. The molecule has 39 heavy (non-hydrogen) atoms. The molecule has 1 aliphatic heterocycles. The molecule has 202 valence electrons. The summed E-state index contributed by atoms with van der Waals surface area (Å²) < 4.78 is 25.1. The monoisotopic (exact) mass is 675 g/mol. The average Bonchev–Trinajstić information content (AvgIpc) is 3.41. The van der Waals surface area contributed by atoms with Crippen LogP contribution in [0.15, 0.2) is 61.3 Å². The largest absolute Gasteiger partial charge is 0.493 e. The van der Waals surface area contributed by atoms with Gasteiger partial charge < -0.3 is 18.9 Å². The Morgan fingerprint density at radius 2 is 1.97 bits per heavy atom. The van der Waals surface area contributed by atoms with Gasteiger partial charge in [-0.2, -0.15) is 9.78 Å². The van der Waals surface area contributed by atoms with Crippen LogP contribution < -0.4 is 24.5 Å². The third-order valence-corrected chi connectivity index (χ3v) is 8.33. The molecule has 4 aromatic rings. The van der Waals surface area contributed by atoms with Gasteiger partial charge in [-0.05, 0) is 64.3 Å². The van der Waals surface area contributed by atoms with Gasteiger partial charge in [-0.15, -0.1) is 0 Å². The van der Waals surface area contributed by atoms with Crippen molar-refractivity contribution in [3.63, 3.8) is 0 Å². The predicted molar refractivity (Wildman–Crippen MR) is 158 cm³/mol. The molecule has 1 aliphatic rings. The first-order valence-corrected chi connectivity index (χ1v) is 14.1. The maximum absolute atomic E-state index is 13.5. The van der Waals surface area contributed by atoms with Gasteiger partial charge in [0, 0.05) is 20.4 Å². The summed E-state index contributed by atoms with van der Waals surface area (Å²) in [5.74, 6) is 2.74. The Morgan fingerprint density at radius 3 is 2.74 bits per heavy atom. The fourth-order valence-corrected chi connectivity index (χ4v) is 5.08. The lowest BCUT2D eigenvalue weighted by Gasteiger charge is -2.16. The van der Waals surface area contributed by atoms with Gasteiger partial charge >= 0.3 is 0 Å². The standard InChI is InChI=1S/C28H24Br2ClN3O5/c1-4-15(2)27-33-20-7-6-18(29)11-19(20)28(35)34(27)32-12-17-10-23(36-3)26(25(31)24(17)30)37-13-16-5-8-21-22(9-16)39-14-38-21/h5-12,15H,4,13-14H2,1-3H3/t15-/m1/s1. The van der Waals surface area contributed by atoms with Gasteiger partial charge in [0.05, 0.1) is 24.2 Å². The summed E-state index contributed by atoms with van der Waals surface area (Å²) in [6.45, 7) is 4.49. The lowest BCUT2D eigenvalue weighted by molar-refractivity contribution is 0.174. The van der Waals surface area contributed by atoms with Crippen molar-refractivity contribution in [3.8, 4) is 23.0 Å². The highest BCUT2D eigenvalue weighted by Crippen LogP contribution is 2.43. The quantitative estimate of drug-likeness (QED) is 0.182. The van der Waals surface area contributed by atoms with Gasteiger partial charge in [-0.25, -0.2) is 4.98 Å². The van der Waals surface area contributed by atoms with Crippen molar-refractivity contribution in [2.24, 2.45) is 5.10 Å². The van der Waals surface area contributed by atoms with Crippen molar-refractivity contribution in [2.75, 3.05) is 13.9 Å². The second-order valence-corrected chi connectivity index (χ2v) is 11.0. The van der Waals surface area contributed by atoms with Gasteiger partial charge in [-0.3, -0.25) is 4.79 Å². The SMILES string of the molecule is CC[C@@H](C)c1nc2ccc(Br)cc2c(=O)n1N=Cc1cc(OC)c(OCc2ccc3c(c2)OCO3)c(Cl)c1Br. The summed E-state index contributed by atoms with van der Waals surface area (Å²) in [6.07, 6.45) is 2.35. The maximum atomic E-state index is 13.5. The van der Waals surface area contributed by atoms with Crippen LogP contribution in [0.3, 0.4) is 0 Å². The third kappa shape index (κ3) is 5.50. The molecule has 8 nitrogen and oxygen atoms in total. The van der Waals surface area contributed by atoms with Crippen LogP contribution in [0, 0.1) is 0 Å². The highest BCUT2D eigenvalue weighted by atomic mass is 79.9. The second kappa shape index (κ2) is 11.6. The molecule has 0 unspecified atom stereocenters. The van der Waals surface area contributed by atoms with Crippen LogP contribution in [-0.4, -0.2) is 29.8 Å². The first-order chi connectivity index (χ1) is 18.8. The van der Waals surface area contributed by atoms with Crippen LogP contribution in [0.1, 0.15) is 43.1 Å². The molecule has 3 aromatic carbocycles. The Balaban J connectivity index is 1.49. The second-order valence-electron chi connectivity index (χ2n) is 8.90. The van der Waals surface area contributed by atoms with E-state index in [4.69, 9.17) is 35.5 Å². The molecule has 0 aliphatic carbocycles. The minimum absolute atomic E-state index is 0.0106. The molecular formula is C28H24Br2ClN3O5. The van der Waals surface area contributed by atoms with E-state index in [9.17, 15) is 4.79 Å². The summed E-state index contributed by atoms with van der Waals surface area (Å²) in [5.41, 5.74) is 1.85. The smallest absolute Gasteiger partial charge is 0.282 e. The number of halogens is 3. The minimum atomic E-state index is -0.259. The van der Waals surface area contributed by atoms with Crippen LogP contribution >= 0.6 is 43.5 Å².